The van der Waals surface area contributed by atoms with Crippen molar-refractivity contribution in [3.63, 3.8) is 0 Å². The summed E-state index contributed by atoms with van der Waals surface area (Å²) in [5, 5.41) is 5.01. The Hall–Kier alpha value is -2.81. The van der Waals surface area contributed by atoms with E-state index < -0.39 is 0 Å². The second-order valence-corrected chi connectivity index (χ2v) is 12.4. The van der Waals surface area contributed by atoms with Crippen molar-refractivity contribution in [2.75, 3.05) is 40.0 Å². The Morgan fingerprint density at radius 1 is 1.00 bits per heavy atom. The molecule has 0 atom stereocenters. The van der Waals surface area contributed by atoms with Gasteiger partial charge in [0.2, 0.25) is 5.88 Å². The van der Waals surface area contributed by atoms with E-state index >= 15 is 0 Å². The van der Waals surface area contributed by atoms with Gasteiger partial charge in [0, 0.05) is 55.7 Å². The predicted octanol–water partition coefficient (Wildman–Crippen LogP) is 7.33. The van der Waals surface area contributed by atoms with Gasteiger partial charge in [0.1, 0.15) is 13.2 Å². The van der Waals surface area contributed by atoms with E-state index in [1.54, 1.807) is 25.4 Å². The number of nitrogens with one attached hydrogen (secondary N) is 1. The Bertz CT molecular complexity index is 1470. The quantitative estimate of drug-likeness (QED) is 0.183. The van der Waals surface area contributed by atoms with Gasteiger partial charge < -0.3 is 24.4 Å². The highest BCUT2D eigenvalue weighted by atomic mass is 35.5. The molecule has 1 amide bonds. The van der Waals surface area contributed by atoms with Crippen LogP contribution in [0.3, 0.4) is 0 Å². The highest BCUT2D eigenvalue weighted by Gasteiger charge is 2.35. The summed E-state index contributed by atoms with van der Waals surface area (Å²) in [4.78, 5) is 20.6. The maximum atomic E-state index is 14.1. The van der Waals surface area contributed by atoms with Gasteiger partial charge in [-0.15, -0.1) is 0 Å². The molecule has 1 N–H and O–H groups in total. The minimum absolute atomic E-state index is 0.0569. The molecule has 1 aliphatic carbocycles. The van der Waals surface area contributed by atoms with Crippen LogP contribution < -0.4 is 14.8 Å². The monoisotopic (exact) mass is 657 g/mol. The molecule has 0 unspecified atom stereocenters. The predicted molar refractivity (Wildman–Crippen MR) is 176 cm³/mol. The summed E-state index contributed by atoms with van der Waals surface area (Å²) in [5.74, 6) is 0.972. The van der Waals surface area contributed by atoms with Crippen LogP contribution in [0.15, 0.2) is 54.2 Å². The Morgan fingerprint density at radius 3 is 2.48 bits per heavy atom. The van der Waals surface area contributed by atoms with Crippen LogP contribution in [-0.2, 0) is 22.5 Å². The molecular formula is C34H38Cl3N3O4. The molecule has 0 bridgehead atoms. The molecule has 2 aliphatic rings. The fourth-order valence-electron chi connectivity index (χ4n) is 5.40. The first kappa shape index (κ1) is 32.6. The molecule has 0 saturated heterocycles. The average molecular weight is 659 g/mol. The van der Waals surface area contributed by atoms with E-state index in [1.807, 2.05) is 30.0 Å². The minimum atomic E-state index is 0.0569. The number of carbonyl (C=O) groups excluding carboxylic acids is 1. The van der Waals surface area contributed by atoms with Gasteiger partial charge >= 0.3 is 0 Å². The number of nitrogens with zero attached hydrogens (tertiary/aromatic N) is 2. The van der Waals surface area contributed by atoms with Crippen molar-refractivity contribution in [3.05, 3.63) is 91.6 Å². The lowest BCUT2D eigenvalue weighted by molar-refractivity contribution is -0.128. The Balaban J connectivity index is 1.25. The van der Waals surface area contributed by atoms with Gasteiger partial charge in [0.15, 0.2) is 5.75 Å². The first-order valence-electron chi connectivity index (χ1n) is 15.0. The van der Waals surface area contributed by atoms with Crippen molar-refractivity contribution in [1.82, 2.24) is 15.2 Å². The van der Waals surface area contributed by atoms with Crippen LogP contribution in [0.4, 0.5) is 0 Å². The van der Waals surface area contributed by atoms with E-state index in [2.05, 4.69) is 22.4 Å². The largest absolute Gasteiger partial charge is 0.487 e. The number of rotatable bonds is 14. The SMILES string of the molecule is COCCCc1ccc(Cl)c(CN(C(=O)C2=C(c3ccc(OCCOc4c(Cl)cc(C)cc4Cl)nc3)CCNC2)C2CC2)c1. The number of hydrogen-bond donors (Lipinski definition) is 1. The highest BCUT2D eigenvalue weighted by molar-refractivity contribution is 6.37. The zero-order chi connectivity index (χ0) is 31.1. The summed E-state index contributed by atoms with van der Waals surface area (Å²) >= 11 is 19.2. The van der Waals surface area contributed by atoms with E-state index in [-0.39, 0.29) is 25.2 Å². The van der Waals surface area contributed by atoms with Crippen molar-refractivity contribution in [2.45, 2.75) is 51.6 Å². The Morgan fingerprint density at radius 2 is 1.77 bits per heavy atom. The first-order valence-corrected chi connectivity index (χ1v) is 16.1. The van der Waals surface area contributed by atoms with Crippen molar-refractivity contribution < 1.29 is 19.0 Å². The maximum Gasteiger partial charge on any atom is 0.251 e. The van der Waals surface area contributed by atoms with Gasteiger partial charge in [-0.3, -0.25) is 4.79 Å². The lowest BCUT2D eigenvalue weighted by Crippen LogP contribution is -2.39. The fraction of sp³-hybridized carbons (Fsp3) is 0.412. The number of aromatic nitrogens is 1. The third kappa shape index (κ3) is 8.46. The molecule has 44 heavy (non-hydrogen) atoms. The molecule has 1 saturated carbocycles. The zero-order valence-corrected chi connectivity index (χ0v) is 27.4. The van der Waals surface area contributed by atoms with Gasteiger partial charge in [0.25, 0.3) is 5.91 Å². The summed E-state index contributed by atoms with van der Waals surface area (Å²) in [7, 11) is 1.71. The molecule has 10 heteroatoms. The first-order chi connectivity index (χ1) is 21.3. The number of halogens is 3. The Labute approximate surface area is 274 Å². The summed E-state index contributed by atoms with van der Waals surface area (Å²) in [6.07, 6.45) is 6.37. The summed E-state index contributed by atoms with van der Waals surface area (Å²) < 4.78 is 16.7. The number of benzene rings is 2. The number of carbonyl (C=O) groups is 1. The van der Waals surface area contributed by atoms with Crippen LogP contribution in [0, 0.1) is 6.92 Å². The van der Waals surface area contributed by atoms with E-state index in [4.69, 9.17) is 49.0 Å². The summed E-state index contributed by atoms with van der Waals surface area (Å²) in [6.45, 7) is 4.97. The second kappa shape index (κ2) is 15.5. The Kier molecular flexibility index (Phi) is 11.4. The number of methoxy groups -OCH3 is 1. The molecule has 3 aromatic rings. The lowest BCUT2D eigenvalue weighted by Gasteiger charge is -2.28. The third-order valence-corrected chi connectivity index (χ3v) is 8.73. The lowest BCUT2D eigenvalue weighted by atomic mass is 9.94. The van der Waals surface area contributed by atoms with E-state index in [9.17, 15) is 4.79 Å². The summed E-state index contributed by atoms with van der Waals surface area (Å²) in [6, 6.07) is 13.8. The van der Waals surface area contributed by atoms with Crippen molar-refractivity contribution >= 4 is 46.3 Å². The average Bonchev–Trinajstić information content (AvgIpc) is 3.86. The normalized spacial score (nSPS) is 14.9. The highest BCUT2D eigenvalue weighted by Crippen LogP contribution is 2.35. The molecule has 2 aromatic carbocycles. The summed E-state index contributed by atoms with van der Waals surface area (Å²) in [5.41, 5.74) is 5.87. The van der Waals surface area contributed by atoms with Crippen LogP contribution in [0.2, 0.25) is 15.1 Å². The van der Waals surface area contributed by atoms with Crippen LogP contribution in [0.25, 0.3) is 5.57 Å². The van der Waals surface area contributed by atoms with Crippen LogP contribution in [-0.4, -0.2) is 61.9 Å². The third-order valence-electron chi connectivity index (χ3n) is 7.80. The molecule has 2 heterocycles. The van der Waals surface area contributed by atoms with Gasteiger partial charge in [-0.1, -0.05) is 46.9 Å². The van der Waals surface area contributed by atoms with E-state index in [0.717, 1.165) is 66.5 Å². The van der Waals surface area contributed by atoms with Gasteiger partial charge in [-0.2, -0.15) is 0 Å². The maximum absolute atomic E-state index is 14.1. The molecule has 1 aromatic heterocycles. The standard InChI is InChI=1S/C34H38Cl3N3O4/c1-22-16-30(36)33(31(37)17-22)44-15-14-43-32-10-6-24(19-39-32)27-11-12-38-20-28(27)34(41)40(26-7-8-26)21-25-18-23(4-3-13-42-2)5-9-29(25)35/h5-6,9-10,16-19,26,38H,3-4,7-8,11-15,20-21H2,1-2H3. The molecule has 0 radical (unpaired) electrons. The molecule has 0 spiro atoms. The number of hydrogen-bond acceptors (Lipinski definition) is 6. The fourth-order valence-corrected chi connectivity index (χ4v) is 6.28. The van der Waals surface area contributed by atoms with Crippen LogP contribution >= 0.6 is 34.8 Å². The van der Waals surface area contributed by atoms with Crippen LogP contribution in [0.5, 0.6) is 11.6 Å². The van der Waals surface area contributed by atoms with Crippen molar-refractivity contribution in [1.29, 1.82) is 0 Å². The van der Waals surface area contributed by atoms with Crippen molar-refractivity contribution in [3.8, 4) is 11.6 Å². The molecule has 234 valence electrons. The molecular weight excluding hydrogens is 621 g/mol. The van der Waals surface area contributed by atoms with Gasteiger partial charge in [-0.05, 0) is 97.7 Å². The van der Waals surface area contributed by atoms with E-state index in [0.29, 0.717) is 46.4 Å². The topological polar surface area (TPSA) is 72.9 Å². The smallest absolute Gasteiger partial charge is 0.251 e. The van der Waals surface area contributed by atoms with Crippen molar-refractivity contribution in [2.24, 2.45) is 0 Å². The molecule has 7 nitrogen and oxygen atoms in total. The van der Waals surface area contributed by atoms with Gasteiger partial charge in [0.05, 0.1) is 10.0 Å². The zero-order valence-electron chi connectivity index (χ0n) is 25.1. The molecule has 1 fully saturated rings. The second-order valence-electron chi connectivity index (χ2n) is 11.2. The van der Waals surface area contributed by atoms with Crippen LogP contribution in [0.1, 0.15) is 47.9 Å². The number of aryl methyl sites for hydroxylation is 2. The number of pyridine rings is 1. The van der Waals surface area contributed by atoms with E-state index in [1.165, 1.54) is 5.56 Å². The number of amides is 1. The van der Waals surface area contributed by atoms with Gasteiger partial charge in [-0.25, -0.2) is 4.98 Å². The molecule has 1 aliphatic heterocycles. The minimum Gasteiger partial charge on any atom is -0.487 e. The molecule has 5 rings (SSSR count). The number of ether oxygens (including phenoxy) is 3.